The zero-order valence-corrected chi connectivity index (χ0v) is 19.6. The van der Waals surface area contributed by atoms with E-state index >= 15 is 0 Å². The number of aliphatic hydroxyl groups is 1. The van der Waals surface area contributed by atoms with Gasteiger partial charge in [-0.1, -0.05) is 0 Å². The molecular formula is C26H33N3O2S. The van der Waals surface area contributed by atoms with Crippen molar-refractivity contribution in [3.05, 3.63) is 60.6 Å². The van der Waals surface area contributed by atoms with Crippen molar-refractivity contribution in [1.82, 2.24) is 14.9 Å². The zero-order valence-electron chi connectivity index (χ0n) is 18.8. The van der Waals surface area contributed by atoms with Gasteiger partial charge in [-0.05, 0) is 86.0 Å². The number of hydrogen-bond acceptors (Lipinski definition) is 6. The average molecular weight is 452 g/mol. The quantitative estimate of drug-likeness (QED) is 0.452. The molecule has 0 bridgehead atoms. The lowest BCUT2D eigenvalue weighted by Crippen LogP contribution is -2.42. The molecule has 3 heterocycles. The number of nitrogens with zero attached hydrogens (tertiary/aromatic N) is 3. The standard InChI is InChI=1S/C26H33N3O2S/c1-31-23-5-6-26-25(17-23)21(7-13-28-26)4-2-3-20-10-14-29(18-22(20)19-30)15-16-32-24-8-11-27-12-9-24/h5-9,11-13,17,20,22,30H,2-4,10,14-16,18-19H2,1H3/t20-,22-/m1/s1. The molecule has 1 aliphatic heterocycles. The van der Waals surface area contributed by atoms with Gasteiger partial charge in [0.25, 0.3) is 0 Å². The van der Waals surface area contributed by atoms with Gasteiger partial charge in [0.2, 0.25) is 0 Å². The first-order valence-electron chi connectivity index (χ1n) is 11.5. The van der Waals surface area contributed by atoms with Gasteiger partial charge in [-0.25, -0.2) is 0 Å². The van der Waals surface area contributed by atoms with Gasteiger partial charge >= 0.3 is 0 Å². The molecule has 0 amide bonds. The fourth-order valence-corrected chi connectivity index (χ4v) is 5.65. The molecule has 2 aromatic heterocycles. The summed E-state index contributed by atoms with van der Waals surface area (Å²) in [5.41, 5.74) is 2.36. The van der Waals surface area contributed by atoms with Crippen molar-refractivity contribution in [3.8, 4) is 5.75 Å². The molecule has 4 rings (SSSR count). The maximum atomic E-state index is 10.0. The van der Waals surface area contributed by atoms with Gasteiger partial charge in [0.05, 0.1) is 12.6 Å². The van der Waals surface area contributed by atoms with Crippen molar-refractivity contribution in [2.75, 3.05) is 39.1 Å². The second-order valence-corrected chi connectivity index (χ2v) is 9.74. The van der Waals surface area contributed by atoms with Crippen molar-refractivity contribution < 1.29 is 9.84 Å². The van der Waals surface area contributed by atoms with Gasteiger partial charge in [0, 0.05) is 54.3 Å². The number of aliphatic hydroxyl groups excluding tert-OH is 1. The Balaban J connectivity index is 1.26. The summed E-state index contributed by atoms with van der Waals surface area (Å²) in [5.74, 6) is 2.93. The van der Waals surface area contributed by atoms with E-state index in [1.54, 1.807) is 7.11 Å². The van der Waals surface area contributed by atoms with Crippen molar-refractivity contribution >= 4 is 22.7 Å². The molecule has 1 aliphatic rings. The van der Waals surface area contributed by atoms with Crippen molar-refractivity contribution in [2.24, 2.45) is 11.8 Å². The lowest BCUT2D eigenvalue weighted by molar-refractivity contribution is 0.0710. The number of methoxy groups -OCH3 is 1. The minimum Gasteiger partial charge on any atom is -0.497 e. The summed E-state index contributed by atoms with van der Waals surface area (Å²) in [5, 5.41) is 11.2. The number of likely N-dealkylation sites (tertiary alicyclic amines) is 1. The van der Waals surface area contributed by atoms with E-state index in [-0.39, 0.29) is 6.61 Å². The number of thioether (sulfide) groups is 1. The number of ether oxygens (including phenoxy) is 1. The van der Waals surface area contributed by atoms with Crippen LogP contribution in [0.5, 0.6) is 5.75 Å². The molecule has 32 heavy (non-hydrogen) atoms. The van der Waals surface area contributed by atoms with Gasteiger partial charge in [0.15, 0.2) is 0 Å². The Morgan fingerprint density at radius 3 is 2.81 bits per heavy atom. The Morgan fingerprint density at radius 1 is 1.12 bits per heavy atom. The summed E-state index contributed by atoms with van der Waals surface area (Å²) in [6.45, 7) is 3.50. The van der Waals surface area contributed by atoms with E-state index in [4.69, 9.17) is 4.74 Å². The van der Waals surface area contributed by atoms with Crippen LogP contribution in [0, 0.1) is 11.8 Å². The van der Waals surface area contributed by atoms with E-state index < -0.39 is 0 Å². The van der Waals surface area contributed by atoms with Crippen LogP contribution in [0.15, 0.2) is 59.9 Å². The lowest BCUT2D eigenvalue weighted by Gasteiger charge is -2.38. The fourth-order valence-electron chi connectivity index (χ4n) is 4.76. The molecule has 1 aromatic carbocycles. The zero-order chi connectivity index (χ0) is 22.2. The predicted molar refractivity (Wildman–Crippen MR) is 131 cm³/mol. The number of aromatic nitrogens is 2. The molecule has 170 valence electrons. The summed E-state index contributed by atoms with van der Waals surface area (Å²) < 4.78 is 5.40. The highest BCUT2D eigenvalue weighted by molar-refractivity contribution is 7.99. The Morgan fingerprint density at radius 2 is 2.00 bits per heavy atom. The van der Waals surface area contributed by atoms with Crippen LogP contribution >= 0.6 is 11.8 Å². The minimum atomic E-state index is 0.286. The third-order valence-electron chi connectivity index (χ3n) is 6.60. The number of rotatable bonds is 10. The summed E-state index contributed by atoms with van der Waals surface area (Å²) in [4.78, 5) is 12.4. The number of aryl methyl sites for hydroxylation is 1. The van der Waals surface area contributed by atoms with Crippen LogP contribution in [0.4, 0.5) is 0 Å². The summed E-state index contributed by atoms with van der Waals surface area (Å²) >= 11 is 1.88. The summed E-state index contributed by atoms with van der Waals surface area (Å²) in [6.07, 6.45) is 10.1. The minimum absolute atomic E-state index is 0.286. The number of hydrogen-bond donors (Lipinski definition) is 1. The van der Waals surface area contributed by atoms with E-state index in [0.717, 1.165) is 49.5 Å². The van der Waals surface area contributed by atoms with Crippen LogP contribution in [-0.2, 0) is 6.42 Å². The average Bonchev–Trinajstić information content (AvgIpc) is 2.85. The molecule has 0 unspecified atom stereocenters. The molecule has 0 saturated carbocycles. The second kappa shape index (κ2) is 11.6. The molecule has 3 aromatic rings. The van der Waals surface area contributed by atoms with E-state index in [9.17, 15) is 5.11 Å². The van der Waals surface area contributed by atoms with Gasteiger partial charge < -0.3 is 14.7 Å². The molecule has 0 aliphatic carbocycles. The third kappa shape index (κ3) is 6.00. The number of pyridine rings is 2. The summed E-state index contributed by atoms with van der Waals surface area (Å²) in [7, 11) is 1.70. The molecule has 5 nitrogen and oxygen atoms in total. The fraction of sp³-hybridized carbons (Fsp3) is 0.462. The van der Waals surface area contributed by atoms with Crippen LogP contribution in [0.1, 0.15) is 24.8 Å². The maximum Gasteiger partial charge on any atom is 0.119 e. The van der Waals surface area contributed by atoms with Crippen LogP contribution in [0.25, 0.3) is 10.9 Å². The van der Waals surface area contributed by atoms with E-state index in [1.807, 2.05) is 42.5 Å². The highest BCUT2D eigenvalue weighted by Gasteiger charge is 2.28. The number of piperidine rings is 1. The van der Waals surface area contributed by atoms with Crippen LogP contribution in [0.2, 0.25) is 0 Å². The third-order valence-corrected chi connectivity index (χ3v) is 7.59. The van der Waals surface area contributed by atoms with Crippen LogP contribution in [-0.4, -0.2) is 59.1 Å². The molecule has 1 fully saturated rings. The van der Waals surface area contributed by atoms with Gasteiger partial charge in [-0.2, -0.15) is 0 Å². The van der Waals surface area contributed by atoms with Crippen molar-refractivity contribution in [3.63, 3.8) is 0 Å². The first-order valence-corrected chi connectivity index (χ1v) is 12.5. The predicted octanol–water partition coefficient (Wildman–Crippen LogP) is 4.68. The molecular weight excluding hydrogens is 418 g/mol. The van der Waals surface area contributed by atoms with Gasteiger partial charge in [-0.3, -0.25) is 9.97 Å². The normalized spacial score (nSPS) is 19.3. The highest BCUT2D eigenvalue weighted by atomic mass is 32.2. The smallest absolute Gasteiger partial charge is 0.119 e. The molecule has 1 saturated heterocycles. The highest BCUT2D eigenvalue weighted by Crippen LogP contribution is 2.30. The van der Waals surface area contributed by atoms with Crippen molar-refractivity contribution in [2.45, 2.75) is 30.6 Å². The first kappa shape index (κ1) is 23.0. The Hall–Kier alpha value is -2.15. The Labute approximate surface area is 195 Å². The molecule has 6 heteroatoms. The van der Waals surface area contributed by atoms with Gasteiger partial charge in [0.1, 0.15) is 5.75 Å². The largest absolute Gasteiger partial charge is 0.497 e. The second-order valence-electron chi connectivity index (χ2n) is 8.57. The van der Waals surface area contributed by atoms with E-state index in [2.05, 4.69) is 39.1 Å². The monoisotopic (exact) mass is 451 g/mol. The maximum absolute atomic E-state index is 10.0. The SMILES string of the molecule is COc1ccc2nccc(CCC[C@@H]3CCN(CCSc4ccncc4)C[C@@H]3CO)c2c1. The Bertz CT molecular complexity index is 985. The molecule has 1 N–H and O–H groups in total. The summed E-state index contributed by atoms with van der Waals surface area (Å²) in [6, 6.07) is 12.4. The lowest BCUT2D eigenvalue weighted by atomic mass is 9.82. The van der Waals surface area contributed by atoms with Crippen molar-refractivity contribution in [1.29, 1.82) is 0 Å². The first-order chi connectivity index (χ1) is 15.8. The molecule has 2 atom stereocenters. The molecule has 0 radical (unpaired) electrons. The van der Waals surface area contributed by atoms with Crippen LogP contribution in [0.3, 0.4) is 0 Å². The van der Waals surface area contributed by atoms with Crippen LogP contribution < -0.4 is 4.74 Å². The Kier molecular flexibility index (Phi) is 8.37. The topological polar surface area (TPSA) is 58.5 Å². The molecule has 0 spiro atoms. The van der Waals surface area contributed by atoms with Gasteiger partial charge in [-0.15, -0.1) is 11.8 Å². The van der Waals surface area contributed by atoms with E-state index in [0.29, 0.717) is 11.8 Å². The number of benzene rings is 1. The van der Waals surface area contributed by atoms with E-state index in [1.165, 1.54) is 28.7 Å². The number of fused-ring (bicyclic) bond motifs is 1.